The van der Waals surface area contributed by atoms with E-state index in [1.807, 2.05) is 6.92 Å². The first kappa shape index (κ1) is 32.2. The van der Waals surface area contributed by atoms with Crippen LogP contribution >= 0.6 is 0 Å². The molecule has 4 rings (SSSR count). The van der Waals surface area contributed by atoms with E-state index >= 15 is 0 Å². The van der Waals surface area contributed by atoms with Crippen LogP contribution < -0.4 is 15.4 Å². The highest BCUT2D eigenvalue weighted by molar-refractivity contribution is 5.91. The summed E-state index contributed by atoms with van der Waals surface area (Å²) in [6.45, 7) is 3.48. The zero-order chi connectivity index (χ0) is 32.0. The lowest BCUT2D eigenvalue weighted by Gasteiger charge is -2.34. The molecule has 4 amide bonds. The predicted molar refractivity (Wildman–Crippen MR) is 152 cm³/mol. The molecule has 1 aliphatic heterocycles. The Kier molecular flexibility index (Phi) is 10.0. The number of tetrazole rings is 1. The van der Waals surface area contributed by atoms with Crippen LogP contribution in [0.4, 0.5) is 29.3 Å². The van der Waals surface area contributed by atoms with Gasteiger partial charge >= 0.3 is 12.2 Å². The molecule has 2 heterocycles. The maximum atomic E-state index is 13.4. The highest BCUT2D eigenvalue weighted by Gasteiger charge is 2.32. The fourth-order valence-corrected chi connectivity index (χ4v) is 4.64. The Morgan fingerprint density at radius 1 is 1.16 bits per heavy atom. The van der Waals surface area contributed by atoms with Gasteiger partial charge in [-0.15, -0.1) is 5.10 Å². The van der Waals surface area contributed by atoms with E-state index in [0.717, 1.165) is 12.1 Å². The topological polar surface area (TPSA) is 155 Å². The van der Waals surface area contributed by atoms with Crippen LogP contribution in [0.25, 0.3) is 0 Å². The van der Waals surface area contributed by atoms with Crippen LogP contribution in [-0.2, 0) is 28.7 Å². The van der Waals surface area contributed by atoms with Crippen LogP contribution in [0.1, 0.15) is 25.0 Å². The van der Waals surface area contributed by atoms with Crippen molar-refractivity contribution in [3.63, 3.8) is 0 Å². The Hall–Kier alpha value is -4.73. The lowest BCUT2D eigenvalue weighted by Crippen LogP contribution is -2.48. The molecule has 0 saturated carbocycles. The maximum absolute atomic E-state index is 13.4. The van der Waals surface area contributed by atoms with Gasteiger partial charge in [0, 0.05) is 36.4 Å². The number of carbonyl (C=O) groups is 3. The highest BCUT2D eigenvalue weighted by Crippen LogP contribution is 2.31. The molecule has 13 nitrogen and oxygen atoms in total. The Labute approximate surface area is 251 Å². The number of amides is 4. The Morgan fingerprint density at radius 2 is 1.86 bits per heavy atom. The van der Waals surface area contributed by atoms with Gasteiger partial charge in [-0.2, -0.15) is 13.2 Å². The Morgan fingerprint density at radius 3 is 2.50 bits per heavy atom. The van der Waals surface area contributed by atoms with Crippen molar-refractivity contribution in [2.75, 3.05) is 37.4 Å². The van der Waals surface area contributed by atoms with Gasteiger partial charge in [0.15, 0.2) is 0 Å². The van der Waals surface area contributed by atoms with Gasteiger partial charge < -0.3 is 30.3 Å². The molecule has 0 radical (unpaired) electrons. The van der Waals surface area contributed by atoms with E-state index in [1.165, 1.54) is 35.1 Å². The third-order valence-corrected chi connectivity index (χ3v) is 7.16. The second-order valence-electron chi connectivity index (χ2n) is 10.7. The monoisotopic (exact) mass is 618 g/mol. The van der Waals surface area contributed by atoms with Gasteiger partial charge in [-0.05, 0) is 59.8 Å². The summed E-state index contributed by atoms with van der Waals surface area (Å²) < 4.78 is 46.3. The van der Waals surface area contributed by atoms with Crippen molar-refractivity contribution in [1.82, 2.24) is 30.0 Å². The molecule has 44 heavy (non-hydrogen) atoms. The minimum Gasteiger partial charge on any atom is -0.488 e. The maximum Gasteiger partial charge on any atom is 0.416 e. The van der Waals surface area contributed by atoms with E-state index < -0.39 is 35.8 Å². The predicted octanol–water partition coefficient (Wildman–Crippen LogP) is 2.64. The van der Waals surface area contributed by atoms with Crippen LogP contribution in [0, 0.1) is 5.92 Å². The zero-order valence-corrected chi connectivity index (χ0v) is 24.3. The van der Waals surface area contributed by atoms with Crippen LogP contribution in [0.3, 0.4) is 0 Å². The summed E-state index contributed by atoms with van der Waals surface area (Å²) in [6, 6.07) is 7.91. The minimum atomic E-state index is -4.50. The number of urea groups is 1. The number of nitrogens with zero attached hydrogens (tertiary/aromatic N) is 6. The first-order chi connectivity index (χ1) is 20.8. The number of hydrogen-bond acceptors (Lipinski definition) is 8. The molecule has 3 atom stereocenters. The number of aliphatic hydroxyl groups is 1. The smallest absolute Gasteiger partial charge is 0.416 e. The van der Waals surface area contributed by atoms with E-state index in [0.29, 0.717) is 17.0 Å². The lowest BCUT2D eigenvalue weighted by molar-refractivity contribution is -0.137. The van der Waals surface area contributed by atoms with Crippen LogP contribution in [0.5, 0.6) is 5.75 Å². The number of rotatable bonds is 8. The third kappa shape index (κ3) is 8.21. The molecule has 1 aliphatic rings. The molecule has 236 valence electrons. The van der Waals surface area contributed by atoms with Crippen molar-refractivity contribution in [2.24, 2.45) is 5.92 Å². The number of likely N-dealkylation sites (N-methyl/N-ethyl adjacent to an activating group) is 1. The molecule has 3 N–H and O–H groups in total. The van der Waals surface area contributed by atoms with Crippen molar-refractivity contribution in [2.45, 2.75) is 45.1 Å². The standard InChI is InChI=1S/C28H33F3N8O5/c1-17-12-39(18(2)15-40)26(42)11-19-10-22(33-25(41)14-38-16-32-35-36-38)8-9-23(19)44-24(17)13-37(3)27(43)34-21-6-4-20(5-7-21)28(29,30)31/h4-10,16-18,24,40H,11-15H2,1-3H3,(H,33,41)(H,34,43)/t17-,18-,24+/m0/s1. The normalized spacial score (nSPS) is 17.8. The van der Waals surface area contributed by atoms with Crippen LogP contribution in [0.15, 0.2) is 48.8 Å². The van der Waals surface area contributed by atoms with E-state index in [2.05, 4.69) is 26.2 Å². The summed E-state index contributed by atoms with van der Waals surface area (Å²) in [6.07, 6.45) is -3.89. The average Bonchev–Trinajstić information content (AvgIpc) is 3.49. The first-order valence-corrected chi connectivity index (χ1v) is 13.7. The van der Waals surface area contributed by atoms with E-state index in [-0.39, 0.29) is 50.2 Å². The van der Waals surface area contributed by atoms with Crippen molar-refractivity contribution < 1.29 is 37.4 Å². The number of ether oxygens (including phenoxy) is 1. The summed E-state index contributed by atoms with van der Waals surface area (Å²) in [5, 5.41) is 25.8. The van der Waals surface area contributed by atoms with Gasteiger partial charge in [-0.1, -0.05) is 6.92 Å². The number of aromatic nitrogens is 4. The summed E-state index contributed by atoms with van der Waals surface area (Å²) in [7, 11) is 1.52. The fraction of sp³-hybridized carbons (Fsp3) is 0.429. The van der Waals surface area contributed by atoms with Crippen LogP contribution in [0.2, 0.25) is 0 Å². The fourth-order valence-electron chi connectivity index (χ4n) is 4.64. The molecule has 1 aromatic heterocycles. The highest BCUT2D eigenvalue weighted by atomic mass is 19.4. The molecule has 0 unspecified atom stereocenters. The SMILES string of the molecule is C[C@H]1CN([C@@H](C)CO)C(=O)Cc2cc(NC(=O)Cn3cnnn3)ccc2O[C@@H]1CN(C)C(=O)Nc1ccc(C(F)(F)F)cc1. The Balaban J connectivity index is 1.53. The second kappa shape index (κ2) is 13.7. The number of nitrogens with one attached hydrogen (secondary N) is 2. The van der Waals surface area contributed by atoms with Crippen molar-refractivity contribution in [1.29, 1.82) is 0 Å². The molecule has 0 aliphatic carbocycles. The van der Waals surface area contributed by atoms with Gasteiger partial charge in [-0.3, -0.25) is 9.59 Å². The van der Waals surface area contributed by atoms with Crippen molar-refractivity contribution >= 4 is 29.2 Å². The number of anilines is 2. The lowest BCUT2D eigenvalue weighted by atomic mass is 10.0. The molecule has 2 aromatic carbocycles. The van der Waals surface area contributed by atoms with Gasteiger partial charge in [0.2, 0.25) is 11.8 Å². The third-order valence-electron chi connectivity index (χ3n) is 7.16. The molecular weight excluding hydrogens is 585 g/mol. The number of aliphatic hydroxyl groups excluding tert-OH is 1. The van der Waals surface area contributed by atoms with E-state index in [4.69, 9.17) is 4.74 Å². The van der Waals surface area contributed by atoms with E-state index in [9.17, 15) is 32.7 Å². The summed E-state index contributed by atoms with van der Waals surface area (Å²) in [5.74, 6) is -0.579. The van der Waals surface area contributed by atoms with Gasteiger partial charge in [-0.25, -0.2) is 9.48 Å². The number of hydrogen-bond donors (Lipinski definition) is 3. The molecule has 0 bridgehead atoms. The molecular formula is C28H33F3N8O5. The second-order valence-corrected chi connectivity index (χ2v) is 10.7. The number of benzene rings is 2. The summed E-state index contributed by atoms with van der Waals surface area (Å²) in [4.78, 5) is 41.7. The minimum absolute atomic E-state index is 0.0625. The molecule has 16 heteroatoms. The molecule has 3 aromatic rings. The Bertz CT molecular complexity index is 1450. The number of fused-ring (bicyclic) bond motifs is 1. The quantitative estimate of drug-likeness (QED) is 0.348. The number of alkyl halides is 3. The summed E-state index contributed by atoms with van der Waals surface area (Å²) in [5.41, 5.74) is 0.256. The zero-order valence-electron chi connectivity index (χ0n) is 24.3. The van der Waals surface area contributed by atoms with Crippen LogP contribution in [-0.4, -0.2) is 91.8 Å². The van der Waals surface area contributed by atoms with Gasteiger partial charge in [0.25, 0.3) is 0 Å². The number of carbonyl (C=O) groups excluding carboxylic acids is 3. The first-order valence-electron chi connectivity index (χ1n) is 13.7. The molecule has 0 spiro atoms. The van der Waals surface area contributed by atoms with Crippen molar-refractivity contribution in [3.05, 3.63) is 59.9 Å². The summed E-state index contributed by atoms with van der Waals surface area (Å²) >= 11 is 0. The molecule has 0 saturated heterocycles. The number of halogens is 3. The largest absolute Gasteiger partial charge is 0.488 e. The van der Waals surface area contributed by atoms with Gasteiger partial charge in [0.05, 0.1) is 31.2 Å². The molecule has 0 fully saturated rings. The van der Waals surface area contributed by atoms with Gasteiger partial charge in [0.1, 0.15) is 24.7 Å². The van der Waals surface area contributed by atoms with E-state index in [1.54, 1.807) is 30.0 Å². The average molecular weight is 619 g/mol. The van der Waals surface area contributed by atoms with Crippen molar-refractivity contribution in [3.8, 4) is 5.75 Å².